The number of hydrogen-bond donors (Lipinski definition) is 3. The van der Waals surface area contributed by atoms with Gasteiger partial charge in [-0.25, -0.2) is 4.98 Å². The summed E-state index contributed by atoms with van der Waals surface area (Å²) in [6.07, 6.45) is 3.67. The first-order chi connectivity index (χ1) is 15.0. The lowest BCUT2D eigenvalue weighted by atomic mass is 10.00. The molecule has 1 amide bonds. The number of methoxy groups -OCH3 is 1. The van der Waals surface area contributed by atoms with Gasteiger partial charge in [0.15, 0.2) is 0 Å². The molecule has 0 fully saturated rings. The highest BCUT2D eigenvalue weighted by atomic mass is 16.5. The Kier molecular flexibility index (Phi) is 5.62. The number of aromatic amines is 1. The molecule has 0 saturated carbocycles. The number of amides is 1. The summed E-state index contributed by atoms with van der Waals surface area (Å²) in [4.78, 5) is 20.3. The molecule has 4 aromatic rings. The molecule has 2 aromatic carbocycles. The number of aromatic hydroxyl groups is 1. The minimum Gasteiger partial charge on any atom is -0.507 e. The van der Waals surface area contributed by atoms with Crippen LogP contribution >= 0.6 is 0 Å². The molecule has 0 aliphatic carbocycles. The van der Waals surface area contributed by atoms with Gasteiger partial charge in [-0.15, -0.1) is 0 Å². The molecule has 2 heterocycles. The first-order valence-corrected chi connectivity index (χ1v) is 10.2. The van der Waals surface area contributed by atoms with Crippen LogP contribution in [0.4, 0.5) is 0 Å². The largest absolute Gasteiger partial charge is 0.507 e. The lowest BCUT2D eigenvalue weighted by Gasteiger charge is -2.11. The first kappa shape index (κ1) is 20.5. The molecule has 0 spiro atoms. The number of benzene rings is 2. The van der Waals surface area contributed by atoms with Crippen molar-refractivity contribution in [2.75, 3.05) is 13.7 Å². The summed E-state index contributed by atoms with van der Waals surface area (Å²) in [6.45, 7) is 4.59. The number of H-pyrrole nitrogens is 1. The van der Waals surface area contributed by atoms with E-state index in [1.165, 1.54) is 0 Å². The molecular weight excluding hydrogens is 390 g/mol. The molecule has 31 heavy (non-hydrogen) atoms. The highest BCUT2D eigenvalue weighted by Crippen LogP contribution is 2.36. The van der Waals surface area contributed by atoms with E-state index in [9.17, 15) is 9.90 Å². The van der Waals surface area contributed by atoms with E-state index in [0.717, 1.165) is 39.0 Å². The van der Waals surface area contributed by atoms with Gasteiger partial charge in [0.2, 0.25) is 0 Å². The Morgan fingerprint density at radius 3 is 2.71 bits per heavy atom. The number of carbonyl (C=O) groups excluding carboxylic acids is 1. The number of fused-ring (bicyclic) bond motifs is 1. The molecule has 6 heteroatoms. The number of rotatable bonds is 6. The van der Waals surface area contributed by atoms with Crippen LogP contribution in [0.3, 0.4) is 0 Å². The third-order valence-corrected chi connectivity index (χ3v) is 5.17. The minimum atomic E-state index is -0.293. The Morgan fingerprint density at radius 1 is 1.13 bits per heavy atom. The van der Waals surface area contributed by atoms with E-state index < -0.39 is 0 Å². The Labute approximate surface area is 180 Å². The second kappa shape index (κ2) is 8.52. The Morgan fingerprint density at radius 2 is 1.94 bits per heavy atom. The lowest BCUT2D eigenvalue weighted by Crippen LogP contribution is -2.27. The maximum absolute atomic E-state index is 12.5. The van der Waals surface area contributed by atoms with Gasteiger partial charge in [0.05, 0.1) is 12.7 Å². The summed E-state index contributed by atoms with van der Waals surface area (Å²) in [5, 5.41) is 14.0. The number of phenols is 1. The molecule has 0 saturated heterocycles. The third kappa shape index (κ3) is 4.10. The van der Waals surface area contributed by atoms with Crippen LogP contribution in [0.15, 0.2) is 60.9 Å². The van der Waals surface area contributed by atoms with Crippen molar-refractivity contribution in [1.82, 2.24) is 15.3 Å². The molecule has 0 radical (unpaired) electrons. The number of phenolic OH excluding ortho intramolecular Hbond substituents is 1. The first-order valence-electron chi connectivity index (χ1n) is 10.2. The fourth-order valence-electron chi connectivity index (χ4n) is 3.54. The van der Waals surface area contributed by atoms with Crippen LogP contribution in [0.2, 0.25) is 0 Å². The van der Waals surface area contributed by atoms with Crippen LogP contribution in [0.5, 0.6) is 11.5 Å². The monoisotopic (exact) mass is 415 g/mol. The van der Waals surface area contributed by atoms with Crippen LogP contribution in [-0.4, -0.2) is 34.6 Å². The number of nitrogens with zero attached hydrogens (tertiary/aromatic N) is 1. The van der Waals surface area contributed by atoms with Crippen molar-refractivity contribution in [1.29, 1.82) is 0 Å². The Balaban J connectivity index is 1.76. The van der Waals surface area contributed by atoms with E-state index in [1.54, 1.807) is 31.5 Å². The van der Waals surface area contributed by atoms with Gasteiger partial charge in [0.25, 0.3) is 5.91 Å². The third-order valence-electron chi connectivity index (χ3n) is 5.17. The number of pyridine rings is 1. The fraction of sp³-hybridized carbons (Fsp3) is 0.200. The van der Waals surface area contributed by atoms with Gasteiger partial charge in [0, 0.05) is 41.0 Å². The second-order valence-corrected chi connectivity index (χ2v) is 7.86. The number of hydrogen-bond acceptors (Lipinski definition) is 4. The summed E-state index contributed by atoms with van der Waals surface area (Å²) in [7, 11) is 1.65. The maximum Gasteiger partial charge on any atom is 0.255 e. The van der Waals surface area contributed by atoms with Gasteiger partial charge in [-0.1, -0.05) is 38.1 Å². The molecule has 3 N–H and O–H groups in total. The van der Waals surface area contributed by atoms with Gasteiger partial charge < -0.3 is 20.1 Å². The molecule has 0 atom stereocenters. The summed E-state index contributed by atoms with van der Waals surface area (Å²) < 4.78 is 5.52. The molecule has 0 bridgehead atoms. The van der Waals surface area contributed by atoms with Crippen molar-refractivity contribution in [3.63, 3.8) is 0 Å². The van der Waals surface area contributed by atoms with Gasteiger partial charge in [-0.05, 0) is 35.7 Å². The smallest absolute Gasteiger partial charge is 0.255 e. The van der Waals surface area contributed by atoms with E-state index in [2.05, 4.69) is 15.3 Å². The maximum atomic E-state index is 12.5. The number of carbonyl (C=O) groups is 1. The Bertz CT molecular complexity index is 1240. The van der Waals surface area contributed by atoms with E-state index >= 15 is 0 Å². The molecule has 2 aromatic heterocycles. The average Bonchev–Trinajstić information content (AvgIpc) is 3.20. The van der Waals surface area contributed by atoms with Crippen LogP contribution < -0.4 is 10.1 Å². The summed E-state index contributed by atoms with van der Waals surface area (Å²) in [5.74, 6) is 0.763. The number of aromatic nitrogens is 2. The van der Waals surface area contributed by atoms with E-state index in [1.807, 2.05) is 50.4 Å². The topological polar surface area (TPSA) is 87.2 Å². The van der Waals surface area contributed by atoms with Crippen LogP contribution in [0, 0.1) is 5.92 Å². The molecule has 4 rings (SSSR count). The van der Waals surface area contributed by atoms with Gasteiger partial charge in [-0.2, -0.15) is 0 Å². The van der Waals surface area contributed by atoms with Crippen molar-refractivity contribution in [2.45, 2.75) is 13.8 Å². The fourth-order valence-corrected chi connectivity index (χ4v) is 3.54. The van der Waals surface area contributed by atoms with Crippen molar-refractivity contribution in [3.8, 4) is 33.8 Å². The van der Waals surface area contributed by atoms with Crippen molar-refractivity contribution >= 4 is 16.9 Å². The SMILES string of the molecule is COc1ccccc1-c1c[nH]c2ncc(-c3ccc(O)c(C(=O)NCC(C)C)c3)cc12. The molecule has 0 aliphatic heterocycles. The lowest BCUT2D eigenvalue weighted by molar-refractivity contribution is 0.0946. The highest BCUT2D eigenvalue weighted by Gasteiger charge is 2.15. The van der Waals surface area contributed by atoms with Gasteiger partial charge >= 0.3 is 0 Å². The number of para-hydroxylation sites is 1. The standard InChI is InChI=1S/C25H25N3O3/c1-15(2)12-28-25(30)20-10-16(8-9-22(20)29)17-11-19-21(14-27-24(19)26-13-17)18-6-4-5-7-23(18)31-3/h4-11,13-15,29H,12H2,1-3H3,(H,26,27)(H,28,30). The number of ether oxygens (including phenoxy) is 1. The van der Waals surface area contributed by atoms with Gasteiger partial charge in [-0.3, -0.25) is 4.79 Å². The summed E-state index contributed by atoms with van der Waals surface area (Å²) in [5.41, 5.74) is 4.61. The quantitative estimate of drug-likeness (QED) is 0.414. The molecule has 158 valence electrons. The second-order valence-electron chi connectivity index (χ2n) is 7.86. The van der Waals surface area contributed by atoms with Crippen LogP contribution in [-0.2, 0) is 0 Å². The molecule has 6 nitrogen and oxygen atoms in total. The predicted molar refractivity (Wildman–Crippen MR) is 122 cm³/mol. The zero-order valence-corrected chi connectivity index (χ0v) is 17.8. The molecular formula is C25H25N3O3. The van der Waals surface area contributed by atoms with Crippen LogP contribution in [0.25, 0.3) is 33.3 Å². The van der Waals surface area contributed by atoms with Crippen molar-refractivity contribution < 1.29 is 14.6 Å². The van der Waals surface area contributed by atoms with E-state index in [-0.39, 0.29) is 17.2 Å². The van der Waals surface area contributed by atoms with E-state index in [0.29, 0.717) is 12.5 Å². The Hall–Kier alpha value is -3.80. The molecule has 0 unspecified atom stereocenters. The highest BCUT2D eigenvalue weighted by molar-refractivity contribution is 5.99. The summed E-state index contributed by atoms with van der Waals surface area (Å²) >= 11 is 0. The van der Waals surface area contributed by atoms with Crippen molar-refractivity contribution in [2.24, 2.45) is 5.92 Å². The van der Waals surface area contributed by atoms with E-state index in [4.69, 9.17) is 4.74 Å². The molecule has 0 aliphatic rings. The predicted octanol–water partition coefficient (Wildman–Crippen LogP) is 5.00. The summed E-state index contributed by atoms with van der Waals surface area (Å²) in [6, 6.07) is 14.9. The van der Waals surface area contributed by atoms with Crippen LogP contribution in [0.1, 0.15) is 24.2 Å². The van der Waals surface area contributed by atoms with Gasteiger partial charge in [0.1, 0.15) is 17.1 Å². The number of nitrogens with one attached hydrogen (secondary N) is 2. The average molecular weight is 415 g/mol. The van der Waals surface area contributed by atoms with Crippen molar-refractivity contribution in [3.05, 3.63) is 66.5 Å². The normalized spacial score (nSPS) is 11.1. The zero-order chi connectivity index (χ0) is 22.0. The zero-order valence-electron chi connectivity index (χ0n) is 17.8. The minimum absolute atomic E-state index is 0.0459.